The van der Waals surface area contributed by atoms with E-state index in [1.807, 2.05) is 37.4 Å². The lowest BCUT2D eigenvalue weighted by Crippen LogP contribution is -2.13. The second kappa shape index (κ2) is 7.26. The van der Waals surface area contributed by atoms with E-state index in [9.17, 15) is 0 Å². The summed E-state index contributed by atoms with van der Waals surface area (Å²) in [5.41, 5.74) is 2.26. The number of pyridine rings is 1. The van der Waals surface area contributed by atoms with Gasteiger partial charge in [-0.1, -0.05) is 12.1 Å². The molecular weight excluding hydrogens is 304 g/mol. The Morgan fingerprint density at radius 1 is 1.21 bits per heavy atom. The highest BCUT2D eigenvalue weighted by molar-refractivity contribution is 9.10. The number of nitrogens with zero attached hydrogens (tertiary/aromatic N) is 1. The summed E-state index contributed by atoms with van der Waals surface area (Å²) in [6.07, 6.45) is 1.81. The van der Waals surface area contributed by atoms with Crippen molar-refractivity contribution in [3.8, 4) is 5.75 Å². The molecule has 2 rings (SSSR count). The van der Waals surface area contributed by atoms with Crippen LogP contribution in [0.5, 0.6) is 5.75 Å². The van der Waals surface area contributed by atoms with Crippen molar-refractivity contribution in [3.63, 3.8) is 0 Å². The van der Waals surface area contributed by atoms with Crippen molar-refractivity contribution in [2.45, 2.75) is 20.0 Å². The molecule has 3 nitrogen and oxygen atoms in total. The smallest absolute Gasteiger partial charge is 0.133 e. The fourth-order valence-corrected chi connectivity index (χ4v) is 2.31. The number of benzene rings is 1. The van der Waals surface area contributed by atoms with Gasteiger partial charge in [-0.3, -0.25) is 4.98 Å². The Morgan fingerprint density at radius 3 is 2.79 bits per heavy atom. The molecule has 100 valence electrons. The lowest BCUT2D eigenvalue weighted by Gasteiger charge is -2.09. The third kappa shape index (κ3) is 4.33. The van der Waals surface area contributed by atoms with Crippen LogP contribution in [0.3, 0.4) is 0 Å². The van der Waals surface area contributed by atoms with E-state index in [0.717, 1.165) is 29.0 Å². The van der Waals surface area contributed by atoms with Crippen molar-refractivity contribution in [2.24, 2.45) is 0 Å². The highest BCUT2D eigenvalue weighted by Gasteiger charge is 2.02. The van der Waals surface area contributed by atoms with Crippen LogP contribution in [0.2, 0.25) is 0 Å². The molecule has 0 amide bonds. The zero-order valence-electron chi connectivity index (χ0n) is 10.9. The lowest BCUT2D eigenvalue weighted by atomic mass is 10.2. The van der Waals surface area contributed by atoms with Gasteiger partial charge in [0, 0.05) is 19.3 Å². The van der Waals surface area contributed by atoms with Gasteiger partial charge in [-0.05, 0) is 52.7 Å². The number of halogens is 1. The molecule has 1 heterocycles. The first-order chi connectivity index (χ1) is 9.29. The molecule has 1 N–H and O–H groups in total. The molecule has 0 bridgehead atoms. The van der Waals surface area contributed by atoms with Gasteiger partial charge < -0.3 is 10.1 Å². The average Bonchev–Trinajstić information content (AvgIpc) is 2.43. The summed E-state index contributed by atoms with van der Waals surface area (Å²) in [6, 6.07) is 12.1. The Labute approximate surface area is 122 Å². The lowest BCUT2D eigenvalue weighted by molar-refractivity contribution is 0.338. The normalized spacial score (nSPS) is 10.4. The molecule has 4 heteroatoms. The molecule has 1 aromatic carbocycles. The molecule has 2 aromatic rings. The van der Waals surface area contributed by atoms with Crippen LogP contribution in [0.4, 0.5) is 0 Å². The third-order valence-electron chi connectivity index (χ3n) is 2.66. The minimum absolute atomic E-state index is 0.676. The number of hydrogen-bond donors (Lipinski definition) is 1. The number of rotatable bonds is 6. The predicted octanol–water partition coefficient (Wildman–Crippen LogP) is 3.53. The first-order valence-corrected chi connectivity index (χ1v) is 7.10. The minimum atomic E-state index is 0.676. The average molecular weight is 321 g/mol. The molecule has 0 atom stereocenters. The summed E-state index contributed by atoms with van der Waals surface area (Å²) in [6.45, 7) is 4.23. The van der Waals surface area contributed by atoms with Gasteiger partial charge in [-0.15, -0.1) is 0 Å². The van der Waals surface area contributed by atoms with Gasteiger partial charge in [0.2, 0.25) is 0 Å². The molecule has 0 radical (unpaired) electrons. The van der Waals surface area contributed by atoms with Gasteiger partial charge in [0.05, 0.1) is 16.8 Å². The summed E-state index contributed by atoms with van der Waals surface area (Å²) in [4.78, 5) is 4.27. The number of nitrogens with one attached hydrogen (secondary N) is 1. The molecule has 0 aliphatic rings. The van der Waals surface area contributed by atoms with Crippen LogP contribution in [0.1, 0.15) is 18.2 Å². The molecule has 0 aliphatic heterocycles. The molecule has 0 fully saturated rings. The second-order valence-electron chi connectivity index (χ2n) is 4.12. The van der Waals surface area contributed by atoms with Crippen molar-refractivity contribution >= 4 is 15.9 Å². The van der Waals surface area contributed by atoms with Gasteiger partial charge in [-0.2, -0.15) is 0 Å². The van der Waals surface area contributed by atoms with Crippen LogP contribution in [0.15, 0.2) is 47.1 Å². The van der Waals surface area contributed by atoms with Crippen LogP contribution in [0, 0.1) is 0 Å². The Hall–Kier alpha value is -1.39. The maximum atomic E-state index is 5.49. The third-order valence-corrected chi connectivity index (χ3v) is 3.28. The van der Waals surface area contributed by atoms with Crippen LogP contribution in [-0.2, 0) is 13.1 Å². The summed E-state index contributed by atoms with van der Waals surface area (Å²) < 4.78 is 6.48. The van der Waals surface area contributed by atoms with E-state index in [4.69, 9.17) is 4.74 Å². The van der Waals surface area contributed by atoms with E-state index in [1.165, 1.54) is 5.56 Å². The van der Waals surface area contributed by atoms with Gasteiger partial charge in [0.25, 0.3) is 0 Å². The molecule has 0 saturated heterocycles. The minimum Gasteiger partial charge on any atom is -0.493 e. The quantitative estimate of drug-likeness (QED) is 0.884. The van der Waals surface area contributed by atoms with E-state index < -0.39 is 0 Å². The van der Waals surface area contributed by atoms with Crippen LogP contribution < -0.4 is 10.1 Å². The monoisotopic (exact) mass is 320 g/mol. The summed E-state index contributed by atoms with van der Waals surface area (Å²) in [5.74, 6) is 0.885. The van der Waals surface area contributed by atoms with Crippen molar-refractivity contribution in [1.82, 2.24) is 10.3 Å². The fraction of sp³-hybridized carbons (Fsp3) is 0.267. The van der Waals surface area contributed by atoms with Crippen molar-refractivity contribution in [2.75, 3.05) is 6.61 Å². The van der Waals surface area contributed by atoms with Gasteiger partial charge in [-0.25, -0.2) is 0 Å². The molecule has 0 aliphatic carbocycles. The highest BCUT2D eigenvalue weighted by Crippen LogP contribution is 2.25. The van der Waals surface area contributed by atoms with Crippen LogP contribution in [0.25, 0.3) is 0 Å². The van der Waals surface area contributed by atoms with Crippen molar-refractivity contribution in [3.05, 3.63) is 58.3 Å². The molecular formula is C15H17BrN2O. The second-order valence-corrected chi connectivity index (χ2v) is 4.98. The van der Waals surface area contributed by atoms with E-state index >= 15 is 0 Å². The van der Waals surface area contributed by atoms with E-state index in [2.05, 4.69) is 38.4 Å². The Balaban J connectivity index is 1.88. The van der Waals surface area contributed by atoms with Gasteiger partial charge in [0.1, 0.15) is 5.75 Å². The summed E-state index contributed by atoms with van der Waals surface area (Å²) in [5, 5.41) is 3.37. The number of ether oxygens (including phenoxy) is 1. The van der Waals surface area contributed by atoms with Crippen LogP contribution >= 0.6 is 15.9 Å². The van der Waals surface area contributed by atoms with E-state index in [1.54, 1.807) is 0 Å². The zero-order valence-corrected chi connectivity index (χ0v) is 12.5. The van der Waals surface area contributed by atoms with Crippen molar-refractivity contribution in [1.29, 1.82) is 0 Å². The molecule has 0 spiro atoms. The topological polar surface area (TPSA) is 34.1 Å². The fourth-order valence-electron chi connectivity index (χ4n) is 1.76. The zero-order chi connectivity index (χ0) is 13.5. The maximum Gasteiger partial charge on any atom is 0.133 e. The molecule has 19 heavy (non-hydrogen) atoms. The molecule has 0 unspecified atom stereocenters. The van der Waals surface area contributed by atoms with Crippen molar-refractivity contribution < 1.29 is 4.74 Å². The summed E-state index contributed by atoms with van der Waals surface area (Å²) in [7, 11) is 0. The number of aromatic nitrogens is 1. The first-order valence-electron chi connectivity index (χ1n) is 6.31. The van der Waals surface area contributed by atoms with Gasteiger partial charge in [0.15, 0.2) is 0 Å². The highest BCUT2D eigenvalue weighted by atomic mass is 79.9. The Morgan fingerprint density at radius 2 is 2.11 bits per heavy atom. The first kappa shape index (κ1) is 14.0. The Kier molecular flexibility index (Phi) is 5.36. The van der Waals surface area contributed by atoms with E-state index in [0.29, 0.717) is 6.61 Å². The van der Waals surface area contributed by atoms with Crippen LogP contribution in [-0.4, -0.2) is 11.6 Å². The molecule has 0 saturated carbocycles. The number of hydrogen-bond acceptors (Lipinski definition) is 3. The summed E-state index contributed by atoms with van der Waals surface area (Å²) >= 11 is 3.52. The predicted molar refractivity (Wildman–Crippen MR) is 80.1 cm³/mol. The Bertz CT molecular complexity index is 517. The standard InChI is InChI=1S/C15H17BrN2O/c1-2-19-15-7-6-12(9-14(15)16)10-17-11-13-5-3-4-8-18-13/h3-9,17H,2,10-11H2,1H3. The van der Waals surface area contributed by atoms with E-state index in [-0.39, 0.29) is 0 Å². The SMILES string of the molecule is CCOc1ccc(CNCc2ccccn2)cc1Br. The largest absolute Gasteiger partial charge is 0.493 e. The molecule has 1 aromatic heterocycles. The van der Waals surface area contributed by atoms with Gasteiger partial charge >= 0.3 is 0 Å². The maximum absolute atomic E-state index is 5.49.